The fourth-order valence-corrected chi connectivity index (χ4v) is 3.27. The van der Waals surface area contributed by atoms with Crippen LogP contribution in [0.4, 0.5) is 4.39 Å². The second kappa shape index (κ2) is 5.32. The van der Waals surface area contributed by atoms with Crippen LogP contribution in [0, 0.1) is 19.7 Å². The van der Waals surface area contributed by atoms with Crippen molar-refractivity contribution in [2.45, 2.75) is 20.4 Å². The summed E-state index contributed by atoms with van der Waals surface area (Å²) in [6, 6.07) is 4.84. The Morgan fingerprint density at radius 1 is 1.15 bits per heavy atom. The van der Waals surface area contributed by atoms with Crippen molar-refractivity contribution in [2.24, 2.45) is 0 Å². The second-order valence-electron chi connectivity index (χ2n) is 6.44. The highest BCUT2D eigenvalue weighted by Crippen LogP contribution is 2.32. The highest BCUT2D eigenvalue weighted by Gasteiger charge is 2.20. The van der Waals surface area contributed by atoms with Crippen LogP contribution in [-0.2, 0) is 6.54 Å². The Kier molecular flexibility index (Phi) is 3.06. The maximum absolute atomic E-state index is 13.5. The fourth-order valence-electron chi connectivity index (χ4n) is 3.27. The number of aryl methyl sites for hydroxylation is 2. The van der Waals surface area contributed by atoms with Crippen LogP contribution < -0.4 is 0 Å². The Bertz CT molecular complexity index is 1160. The third-order valence-corrected chi connectivity index (χ3v) is 4.58. The summed E-state index contributed by atoms with van der Waals surface area (Å²) in [7, 11) is 0. The van der Waals surface area contributed by atoms with Gasteiger partial charge in [0.15, 0.2) is 11.5 Å². The van der Waals surface area contributed by atoms with Crippen LogP contribution >= 0.6 is 0 Å². The Labute approximate surface area is 148 Å². The van der Waals surface area contributed by atoms with E-state index >= 15 is 0 Å². The molecule has 0 unspecified atom stereocenters. The van der Waals surface area contributed by atoms with Crippen molar-refractivity contribution in [3.05, 3.63) is 64.9 Å². The quantitative estimate of drug-likeness (QED) is 0.492. The topological polar surface area (TPSA) is 60.9 Å². The molecule has 128 valence electrons. The Morgan fingerprint density at radius 3 is 2.88 bits per heavy atom. The standard InChI is InChI=1S/C19H15FN6/c1-11-8-21-12(2)18-23-17(24-26(11)18)6-5-15-10-25-9-13-3-4-14(20)7-16(13)19(25)22-15/h3-8,10H,9H2,1-2H3. The average molecular weight is 346 g/mol. The highest BCUT2D eigenvalue weighted by atomic mass is 19.1. The first kappa shape index (κ1) is 14.9. The molecule has 7 heteroatoms. The molecule has 4 aromatic rings. The van der Waals surface area contributed by atoms with Gasteiger partial charge >= 0.3 is 0 Å². The number of aromatic nitrogens is 6. The van der Waals surface area contributed by atoms with Gasteiger partial charge in [0, 0.05) is 24.5 Å². The van der Waals surface area contributed by atoms with Crippen molar-refractivity contribution in [2.75, 3.05) is 0 Å². The first-order valence-electron chi connectivity index (χ1n) is 8.31. The van der Waals surface area contributed by atoms with Crippen LogP contribution in [0.1, 0.15) is 28.5 Å². The molecule has 0 aliphatic carbocycles. The number of nitrogens with zero attached hydrogens (tertiary/aromatic N) is 6. The third-order valence-electron chi connectivity index (χ3n) is 4.58. The summed E-state index contributed by atoms with van der Waals surface area (Å²) in [6.45, 7) is 4.56. The van der Waals surface area contributed by atoms with E-state index in [2.05, 4.69) is 20.1 Å². The molecular formula is C19H15FN6. The maximum atomic E-state index is 13.5. The van der Waals surface area contributed by atoms with Gasteiger partial charge in [-0.25, -0.2) is 18.9 Å². The number of imidazole rings is 1. The normalized spacial score (nSPS) is 12.9. The molecule has 6 nitrogen and oxygen atoms in total. The minimum absolute atomic E-state index is 0.245. The summed E-state index contributed by atoms with van der Waals surface area (Å²) in [4.78, 5) is 13.4. The van der Waals surface area contributed by atoms with Gasteiger partial charge in [0.05, 0.1) is 17.1 Å². The number of fused-ring (bicyclic) bond motifs is 4. The summed E-state index contributed by atoms with van der Waals surface area (Å²) in [5.74, 6) is 1.15. The average Bonchev–Trinajstić information content (AvgIpc) is 3.29. The monoisotopic (exact) mass is 346 g/mol. The number of rotatable bonds is 2. The molecule has 1 aliphatic rings. The van der Waals surface area contributed by atoms with Gasteiger partial charge in [0.25, 0.3) is 0 Å². The molecule has 0 fully saturated rings. The van der Waals surface area contributed by atoms with Gasteiger partial charge in [-0.2, -0.15) is 0 Å². The molecule has 1 aliphatic heterocycles. The predicted molar refractivity (Wildman–Crippen MR) is 95.9 cm³/mol. The highest BCUT2D eigenvalue weighted by molar-refractivity contribution is 5.70. The zero-order chi connectivity index (χ0) is 17.8. The van der Waals surface area contributed by atoms with Gasteiger partial charge in [-0.1, -0.05) is 6.07 Å². The molecule has 0 saturated carbocycles. The molecule has 4 heterocycles. The molecule has 0 radical (unpaired) electrons. The number of hydrogen-bond donors (Lipinski definition) is 0. The van der Waals surface area contributed by atoms with Crippen LogP contribution in [0.5, 0.6) is 0 Å². The third kappa shape index (κ3) is 2.24. The lowest BCUT2D eigenvalue weighted by molar-refractivity contribution is 0.628. The molecule has 0 amide bonds. The second-order valence-corrected chi connectivity index (χ2v) is 6.44. The van der Waals surface area contributed by atoms with Crippen molar-refractivity contribution in [1.29, 1.82) is 0 Å². The van der Waals surface area contributed by atoms with Gasteiger partial charge in [0.1, 0.15) is 11.6 Å². The molecular weight excluding hydrogens is 331 g/mol. The van der Waals surface area contributed by atoms with Gasteiger partial charge < -0.3 is 4.57 Å². The van der Waals surface area contributed by atoms with E-state index in [-0.39, 0.29) is 5.82 Å². The largest absolute Gasteiger partial charge is 0.326 e. The van der Waals surface area contributed by atoms with E-state index in [0.29, 0.717) is 12.4 Å². The van der Waals surface area contributed by atoms with E-state index in [1.807, 2.05) is 42.8 Å². The van der Waals surface area contributed by atoms with Crippen molar-refractivity contribution in [1.82, 2.24) is 29.1 Å². The van der Waals surface area contributed by atoms with Crippen LogP contribution in [0.2, 0.25) is 0 Å². The zero-order valence-electron chi connectivity index (χ0n) is 14.3. The van der Waals surface area contributed by atoms with Crippen molar-refractivity contribution in [3.8, 4) is 11.4 Å². The summed E-state index contributed by atoms with van der Waals surface area (Å²) in [5.41, 5.74) is 5.25. The number of benzene rings is 1. The predicted octanol–water partition coefficient (Wildman–Crippen LogP) is 3.28. The lowest BCUT2D eigenvalue weighted by Crippen LogP contribution is -1.97. The number of hydrogen-bond acceptors (Lipinski definition) is 4. The van der Waals surface area contributed by atoms with E-state index < -0.39 is 0 Å². The van der Waals surface area contributed by atoms with Gasteiger partial charge in [0.2, 0.25) is 0 Å². The van der Waals surface area contributed by atoms with E-state index in [0.717, 1.165) is 39.7 Å². The molecule has 0 N–H and O–H groups in total. The van der Waals surface area contributed by atoms with Crippen LogP contribution in [0.15, 0.2) is 30.6 Å². The molecule has 3 aromatic heterocycles. The molecule has 0 spiro atoms. The summed E-state index contributed by atoms with van der Waals surface area (Å²) >= 11 is 0. The fraction of sp³-hybridized carbons (Fsp3) is 0.158. The van der Waals surface area contributed by atoms with Crippen LogP contribution in [-0.4, -0.2) is 29.1 Å². The van der Waals surface area contributed by atoms with Crippen LogP contribution in [0.25, 0.3) is 29.2 Å². The van der Waals surface area contributed by atoms with Gasteiger partial charge in [-0.15, -0.1) is 5.10 Å². The van der Waals surface area contributed by atoms with E-state index in [4.69, 9.17) is 0 Å². The number of halogens is 1. The summed E-state index contributed by atoms with van der Waals surface area (Å²) in [5, 5.41) is 4.49. The van der Waals surface area contributed by atoms with Crippen molar-refractivity contribution >= 4 is 17.8 Å². The first-order valence-corrected chi connectivity index (χ1v) is 8.31. The summed E-state index contributed by atoms with van der Waals surface area (Å²) < 4.78 is 17.3. The minimum atomic E-state index is -0.245. The molecule has 1 aromatic carbocycles. The Morgan fingerprint density at radius 2 is 2.04 bits per heavy atom. The van der Waals surface area contributed by atoms with Gasteiger partial charge in [-0.05, 0) is 43.7 Å². The molecule has 5 rings (SSSR count). The Hall–Kier alpha value is -3.35. The lowest BCUT2D eigenvalue weighted by Gasteiger charge is -1.97. The first-order chi connectivity index (χ1) is 12.6. The molecule has 0 atom stereocenters. The molecule has 0 saturated heterocycles. The maximum Gasteiger partial charge on any atom is 0.177 e. The van der Waals surface area contributed by atoms with E-state index in [1.165, 1.54) is 12.1 Å². The summed E-state index contributed by atoms with van der Waals surface area (Å²) in [6.07, 6.45) is 7.44. The minimum Gasteiger partial charge on any atom is -0.326 e. The lowest BCUT2D eigenvalue weighted by atomic mass is 10.1. The smallest absolute Gasteiger partial charge is 0.177 e. The molecule has 0 bridgehead atoms. The van der Waals surface area contributed by atoms with E-state index in [1.54, 1.807) is 10.7 Å². The Balaban J connectivity index is 1.49. The van der Waals surface area contributed by atoms with Crippen molar-refractivity contribution in [3.63, 3.8) is 0 Å². The molecule has 26 heavy (non-hydrogen) atoms. The van der Waals surface area contributed by atoms with Gasteiger partial charge in [-0.3, -0.25) is 4.98 Å². The SMILES string of the molecule is Cc1ncc(C)n2nc(C=Cc3cn4c(n3)-c3cc(F)ccc3C4)nc12. The van der Waals surface area contributed by atoms with Crippen LogP contribution in [0.3, 0.4) is 0 Å². The zero-order valence-corrected chi connectivity index (χ0v) is 14.3. The van der Waals surface area contributed by atoms with Crippen molar-refractivity contribution < 1.29 is 4.39 Å². The van der Waals surface area contributed by atoms with E-state index in [9.17, 15) is 4.39 Å².